The van der Waals surface area contributed by atoms with Crippen LogP contribution in [0.5, 0.6) is 0 Å². The van der Waals surface area contributed by atoms with E-state index in [4.69, 9.17) is 4.85 Å². The molecule has 0 radical (unpaired) electrons. The van der Waals surface area contributed by atoms with Gasteiger partial charge in [-0.25, -0.2) is 4.85 Å². The van der Waals surface area contributed by atoms with Crippen molar-refractivity contribution in [2.75, 3.05) is 0 Å². The molecular formula is C98H54N6S2. The maximum atomic E-state index is 13.7. The van der Waals surface area contributed by atoms with E-state index in [1.807, 2.05) is 0 Å². The second-order valence-corrected chi connectivity index (χ2v) is 29.9. The zero-order valence-electron chi connectivity index (χ0n) is 56.7. The lowest BCUT2D eigenvalue weighted by Gasteiger charge is -2.27. The highest BCUT2D eigenvalue weighted by Crippen LogP contribution is 2.56. The summed E-state index contributed by atoms with van der Waals surface area (Å²) >= 11 is 3.57. The average molecular weight is 1380 g/mol. The summed E-state index contributed by atoms with van der Waals surface area (Å²) in [6.07, 6.45) is 0. The number of para-hydroxylation sites is 4. The summed E-state index contributed by atoms with van der Waals surface area (Å²) in [6, 6.07) is 122. The van der Waals surface area contributed by atoms with Gasteiger partial charge in [0.25, 0.3) is 0 Å². The summed E-state index contributed by atoms with van der Waals surface area (Å²) < 4.78 is 14.0. The SMILES string of the molecule is [C-]#[N+]c1c(-n2c3ccccc3c3ccccc32)c(-n2c3cc(-c4cccc5ccc6ccccc6c45)ccc3c3ccc4c5ccccc5sc4c32)c(C#N)c(-n2c3ccccc3c3ccccc32)c1-n1c2cccc(-c3ccccc3-c3cccc4ccccc34)c2c2ccc3c4ccccc4sc3c21. The number of benzene rings is 17. The van der Waals surface area contributed by atoms with Gasteiger partial charge in [0.05, 0.1) is 82.9 Å². The highest BCUT2D eigenvalue weighted by Gasteiger charge is 2.36. The third kappa shape index (κ3) is 8.00. The Morgan fingerprint density at radius 1 is 0.274 bits per heavy atom. The lowest BCUT2D eigenvalue weighted by molar-refractivity contribution is 1.04. The molecule has 106 heavy (non-hydrogen) atoms. The van der Waals surface area contributed by atoms with Crippen molar-refractivity contribution < 1.29 is 0 Å². The number of nitrogens with zero attached hydrogens (tertiary/aromatic N) is 6. The number of aromatic nitrogens is 4. The van der Waals surface area contributed by atoms with Crippen LogP contribution in [-0.2, 0) is 0 Å². The fourth-order valence-electron chi connectivity index (χ4n) is 18.3. The van der Waals surface area contributed by atoms with E-state index >= 15 is 0 Å². The van der Waals surface area contributed by atoms with E-state index in [0.29, 0.717) is 34.0 Å². The molecule has 0 unspecified atom stereocenters. The van der Waals surface area contributed by atoms with Crippen molar-refractivity contribution >= 4 is 188 Å². The van der Waals surface area contributed by atoms with Crippen LogP contribution in [0.3, 0.4) is 0 Å². The highest BCUT2D eigenvalue weighted by atomic mass is 32.1. The molecule has 8 heteroatoms. The molecule has 0 N–H and O–H groups in total. The molecule has 6 heterocycles. The van der Waals surface area contributed by atoms with E-state index in [1.54, 1.807) is 22.7 Å². The normalized spacial score (nSPS) is 12.1. The molecular weight excluding hydrogens is 1330 g/mol. The largest absolute Gasteiger partial charge is 0.317 e. The summed E-state index contributed by atoms with van der Waals surface area (Å²) in [5.74, 6) is 0. The number of nitriles is 1. The minimum absolute atomic E-state index is 0.381. The molecule has 0 saturated heterocycles. The van der Waals surface area contributed by atoms with Crippen molar-refractivity contribution in [1.82, 2.24) is 18.3 Å². The molecule has 17 aromatic carbocycles. The average Bonchev–Trinajstić information content (AvgIpc) is 1.49. The Labute approximate surface area is 614 Å². The second-order valence-electron chi connectivity index (χ2n) is 27.8. The Balaban J connectivity index is 0.979. The summed E-state index contributed by atoms with van der Waals surface area (Å²) in [4.78, 5) is 5.24. The van der Waals surface area contributed by atoms with Crippen LogP contribution in [0.4, 0.5) is 5.69 Å². The number of rotatable bonds is 7. The highest BCUT2D eigenvalue weighted by molar-refractivity contribution is 7.27. The minimum Gasteiger partial charge on any atom is -0.317 e. The molecule has 6 aromatic heterocycles. The Kier molecular flexibility index (Phi) is 12.4. The molecule has 0 fully saturated rings. The van der Waals surface area contributed by atoms with Crippen molar-refractivity contribution in [1.29, 1.82) is 5.26 Å². The monoisotopic (exact) mass is 1380 g/mol. The lowest BCUT2D eigenvalue weighted by Crippen LogP contribution is -2.14. The van der Waals surface area contributed by atoms with Gasteiger partial charge < -0.3 is 18.3 Å². The van der Waals surface area contributed by atoms with Gasteiger partial charge in [-0.1, -0.05) is 279 Å². The number of hydrogen-bond donors (Lipinski definition) is 0. The van der Waals surface area contributed by atoms with Crippen molar-refractivity contribution in [3.63, 3.8) is 0 Å². The van der Waals surface area contributed by atoms with E-state index in [2.05, 4.69) is 352 Å². The van der Waals surface area contributed by atoms with Crippen LogP contribution < -0.4 is 0 Å². The molecule has 0 aliphatic carbocycles. The Morgan fingerprint density at radius 3 is 1.29 bits per heavy atom. The fraction of sp³-hybridized carbons (Fsp3) is 0. The van der Waals surface area contributed by atoms with E-state index in [9.17, 15) is 11.8 Å². The third-order valence-electron chi connectivity index (χ3n) is 22.6. The molecule has 0 bridgehead atoms. The van der Waals surface area contributed by atoms with Gasteiger partial charge in [-0.15, -0.1) is 22.7 Å². The van der Waals surface area contributed by atoms with Gasteiger partial charge in [-0.3, -0.25) is 0 Å². The van der Waals surface area contributed by atoms with E-state index < -0.39 is 0 Å². The van der Waals surface area contributed by atoms with Gasteiger partial charge in [-0.05, 0) is 114 Å². The zero-order valence-corrected chi connectivity index (χ0v) is 58.3. The first-order valence-electron chi connectivity index (χ1n) is 35.8. The summed E-state index contributed by atoms with van der Waals surface area (Å²) in [7, 11) is 0. The van der Waals surface area contributed by atoms with Crippen LogP contribution in [0.25, 0.3) is 221 Å². The van der Waals surface area contributed by atoms with Gasteiger partial charge >= 0.3 is 0 Å². The molecule has 0 aliphatic heterocycles. The first-order chi connectivity index (χ1) is 52.6. The predicted octanol–water partition coefficient (Wildman–Crippen LogP) is 27.7. The van der Waals surface area contributed by atoms with E-state index in [-0.39, 0.29) is 0 Å². The molecule has 0 aliphatic rings. The molecule has 0 atom stereocenters. The van der Waals surface area contributed by atoms with Crippen LogP contribution in [0, 0.1) is 17.9 Å². The second kappa shape index (κ2) is 22.3. The van der Waals surface area contributed by atoms with E-state index in [0.717, 1.165) is 166 Å². The fourth-order valence-corrected chi connectivity index (χ4v) is 20.7. The molecule has 0 amide bonds. The molecule has 6 nitrogen and oxygen atoms in total. The first-order valence-corrected chi connectivity index (χ1v) is 37.5. The van der Waals surface area contributed by atoms with E-state index in [1.165, 1.54) is 26.9 Å². The van der Waals surface area contributed by atoms with Crippen LogP contribution in [0.15, 0.2) is 328 Å². The number of fused-ring (bicyclic) bond motifs is 24. The Bertz CT molecular complexity index is 7830. The van der Waals surface area contributed by atoms with Crippen LogP contribution in [0.1, 0.15) is 5.56 Å². The molecule has 0 spiro atoms. The lowest BCUT2D eigenvalue weighted by atomic mass is 9.89. The Hall–Kier alpha value is -13.9. The summed E-state index contributed by atoms with van der Waals surface area (Å²) in [6.45, 7) is 10.7. The van der Waals surface area contributed by atoms with Gasteiger partial charge in [-0.2, -0.15) is 5.26 Å². The van der Waals surface area contributed by atoms with Gasteiger partial charge in [0, 0.05) is 74.0 Å². The van der Waals surface area contributed by atoms with Crippen molar-refractivity contribution in [2.24, 2.45) is 0 Å². The van der Waals surface area contributed by atoms with Crippen molar-refractivity contribution in [3.05, 3.63) is 345 Å². The number of hydrogen-bond acceptors (Lipinski definition) is 3. The predicted molar refractivity (Wildman–Crippen MR) is 449 cm³/mol. The van der Waals surface area contributed by atoms with Crippen LogP contribution >= 0.6 is 22.7 Å². The first kappa shape index (κ1) is 58.7. The van der Waals surface area contributed by atoms with Crippen molar-refractivity contribution in [3.8, 4) is 62.2 Å². The standard InChI is InChI=1S/C98H54N6S2/c1-100-90-95(102-82-42-16-10-33-69(82)70-34-11-17-43-83(70)102)92(104-85-55-60(63-37-21-26-59-48-47-58-24-3-5-28-62(58)88(59)63)49-50-71(85)75-51-52-76-72-35-12-18-45-86(72)105-97(76)93(75)104)79(56-99)91(101-80-40-14-8-31-67(80)68-32-9-15-41-81(68)101)96(90)103-84-44-22-39-74(66-30-7-6-29-65(66)64-38-20-25-57-23-2-4-27-61(57)64)89(84)78-54-53-77-73-36-13-19-46-87(73)106-98(77)94(78)103/h2-55H. The topological polar surface area (TPSA) is 47.9 Å². The maximum Gasteiger partial charge on any atom is 0.238 e. The summed E-state index contributed by atoms with van der Waals surface area (Å²) in [5.41, 5.74) is 17.1. The maximum absolute atomic E-state index is 13.7. The van der Waals surface area contributed by atoms with Gasteiger partial charge in [0.2, 0.25) is 5.69 Å². The molecule has 488 valence electrons. The van der Waals surface area contributed by atoms with Crippen LogP contribution in [-0.4, -0.2) is 18.3 Å². The smallest absolute Gasteiger partial charge is 0.238 e. The quantitative estimate of drug-likeness (QED) is 0.116. The third-order valence-corrected chi connectivity index (χ3v) is 25.0. The van der Waals surface area contributed by atoms with Gasteiger partial charge in [0.1, 0.15) is 11.6 Å². The molecule has 0 saturated carbocycles. The minimum atomic E-state index is 0.381. The summed E-state index contributed by atoms with van der Waals surface area (Å²) in [5, 5.41) is 33.6. The van der Waals surface area contributed by atoms with Crippen molar-refractivity contribution in [2.45, 2.75) is 0 Å². The zero-order chi connectivity index (χ0) is 69.6. The number of thiophene rings is 2. The molecule has 23 aromatic rings. The van der Waals surface area contributed by atoms with Crippen LogP contribution in [0.2, 0.25) is 0 Å². The van der Waals surface area contributed by atoms with Gasteiger partial charge in [0.15, 0.2) is 0 Å². The molecule has 23 rings (SSSR count). The Morgan fingerprint density at radius 2 is 0.670 bits per heavy atom.